The number of hydrogen-bond donors (Lipinski definition) is 2. The lowest BCUT2D eigenvalue weighted by Gasteiger charge is -2.16. The van der Waals surface area contributed by atoms with Crippen LogP contribution in [0.25, 0.3) is 0 Å². The van der Waals surface area contributed by atoms with E-state index in [0.29, 0.717) is 24.2 Å². The third-order valence-corrected chi connectivity index (χ3v) is 4.61. The molecule has 1 aliphatic rings. The van der Waals surface area contributed by atoms with Crippen LogP contribution in [0.4, 0.5) is 0 Å². The number of nitrogens with one attached hydrogen (secondary N) is 1. The normalized spacial score (nSPS) is 23.7. The SMILES string of the molecule is CC1OCCC1NS(=O)(=O)Cc1cccc(CO)c1. The van der Waals surface area contributed by atoms with Gasteiger partial charge in [-0.1, -0.05) is 24.3 Å². The molecule has 2 rings (SSSR count). The number of hydrogen-bond acceptors (Lipinski definition) is 4. The summed E-state index contributed by atoms with van der Waals surface area (Å²) < 4.78 is 32.2. The van der Waals surface area contributed by atoms with Crippen LogP contribution in [0, 0.1) is 0 Å². The first-order chi connectivity index (χ1) is 9.00. The van der Waals surface area contributed by atoms with Gasteiger partial charge in [-0.25, -0.2) is 13.1 Å². The second kappa shape index (κ2) is 6.00. The summed E-state index contributed by atoms with van der Waals surface area (Å²) >= 11 is 0. The fourth-order valence-corrected chi connectivity index (χ4v) is 3.67. The van der Waals surface area contributed by atoms with Gasteiger partial charge in [0.15, 0.2) is 0 Å². The van der Waals surface area contributed by atoms with E-state index in [0.717, 1.165) is 0 Å². The Morgan fingerprint density at radius 2 is 2.16 bits per heavy atom. The summed E-state index contributed by atoms with van der Waals surface area (Å²) in [5.41, 5.74) is 1.39. The number of aliphatic hydroxyl groups is 1. The van der Waals surface area contributed by atoms with Gasteiger partial charge < -0.3 is 9.84 Å². The molecule has 2 unspecified atom stereocenters. The standard InChI is InChI=1S/C13H19NO4S/c1-10-13(5-6-18-10)14-19(16,17)9-12-4-2-3-11(7-12)8-15/h2-4,7,10,13-15H,5-6,8-9H2,1H3. The van der Waals surface area contributed by atoms with Crippen molar-refractivity contribution in [1.82, 2.24) is 4.72 Å². The summed E-state index contributed by atoms with van der Waals surface area (Å²) in [6.45, 7) is 2.37. The molecule has 106 valence electrons. The molecule has 0 saturated carbocycles. The number of aliphatic hydroxyl groups excluding tert-OH is 1. The van der Waals surface area contributed by atoms with Crippen molar-refractivity contribution in [2.75, 3.05) is 6.61 Å². The second-order valence-electron chi connectivity index (χ2n) is 4.83. The summed E-state index contributed by atoms with van der Waals surface area (Å²) in [7, 11) is -3.39. The van der Waals surface area contributed by atoms with Gasteiger partial charge in [0.1, 0.15) is 0 Å². The molecule has 2 N–H and O–H groups in total. The highest BCUT2D eigenvalue weighted by Gasteiger charge is 2.28. The molecule has 0 aliphatic carbocycles. The molecule has 0 spiro atoms. The van der Waals surface area contributed by atoms with Crippen LogP contribution in [0.15, 0.2) is 24.3 Å². The fraction of sp³-hybridized carbons (Fsp3) is 0.538. The lowest BCUT2D eigenvalue weighted by Crippen LogP contribution is -2.39. The Morgan fingerprint density at radius 3 is 2.79 bits per heavy atom. The van der Waals surface area contributed by atoms with E-state index in [1.807, 2.05) is 6.92 Å². The van der Waals surface area contributed by atoms with E-state index in [9.17, 15) is 8.42 Å². The fourth-order valence-electron chi connectivity index (χ4n) is 2.20. The molecule has 1 aromatic carbocycles. The Hall–Kier alpha value is -0.950. The van der Waals surface area contributed by atoms with E-state index >= 15 is 0 Å². The van der Waals surface area contributed by atoms with Crippen LogP contribution in [0.3, 0.4) is 0 Å². The third-order valence-electron chi connectivity index (χ3n) is 3.24. The summed E-state index contributed by atoms with van der Waals surface area (Å²) in [6, 6.07) is 6.81. The van der Waals surface area contributed by atoms with Gasteiger partial charge in [-0.05, 0) is 24.5 Å². The van der Waals surface area contributed by atoms with Crippen molar-refractivity contribution in [3.8, 4) is 0 Å². The quantitative estimate of drug-likeness (QED) is 0.838. The Labute approximate surface area is 113 Å². The molecule has 1 heterocycles. The Morgan fingerprint density at radius 1 is 1.42 bits per heavy atom. The summed E-state index contributed by atoms with van der Waals surface area (Å²) in [6.07, 6.45) is 0.621. The molecule has 19 heavy (non-hydrogen) atoms. The monoisotopic (exact) mass is 285 g/mol. The maximum absolute atomic E-state index is 12.1. The Bertz CT molecular complexity index is 529. The highest BCUT2D eigenvalue weighted by atomic mass is 32.2. The predicted molar refractivity (Wildman–Crippen MR) is 71.9 cm³/mol. The number of rotatable bonds is 5. The van der Waals surface area contributed by atoms with Crippen molar-refractivity contribution < 1.29 is 18.3 Å². The highest BCUT2D eigenvalue weighted by Crippen LogP contribution is 2.15. The van der Waals surface area contributed by atoms with Crippen LogP contribution in [0.1, 0.15) is 24.5 Å². The molecule has 0 aromatic heterocycles. The topological polar surface area (TPSA) is 75.6 Å². The first-order valence-electron chi connectivity index (χ1n) is 6.30. The van der Waals surface area contributed by atoms with Gasteiger partial charge in [0.05, 0.1) is 18.5 Å². The van der Waals surface area contributed by atoms with Gasteiger partial charge in [-0.2, -0.15) is 0 Å². The van der Waals surface area contributed by atoms with Gasteiger partial charge in [-0.3, -0.25) is 0 Å². The van der Waals surface area contributed by atoms with Gasteiger partial charge in [0, 0.05) is 12.6 Å². The molecule has 5 nitrogen and oxygen atoms in total. The van der Waals surface area contributed by atoms with Gasteiger partial charge in [-0.15, -0.1) is 0 Å². The van der Waals surface area contributed by atoms with Crippen LogP contribution < -0.4 is 4.72 Å². The molecule has 1 aliphatic heterocycles. The first kappa shape index (κ1) is 14.5. The number of benzene rings is 1. The second-order valence-corrected chi connectivity index (χ2v) is 6.58. The van der Waals surface area contributed by atoms with E-state index < -0.39 is 10.0 Å². The van der Waals surface area contributed by atoms with Crippen molar-refractivity contribution in [2.24, 2.45) is 0 Å². The van der Waals surface area contributed by atoms with Crippen LogP contribution in [-0.4, -0.2) is 32.3 Å². The maximum Gasteiger partial charge on any atom is 0.216 e. The van der Waals surface area contributed by atoms with E-state index in [2.05, 4.69) is 4.72 Å². The van der Waals surface area contributed by atoms with Crippen LogP contribution >= 0.6 is 0 Å². The Balaban J connectivity index is 2.03. The van der Waals surface area contributed by atoms with E-state index in [-0.39, 0.29) is 24.5 Å². The van der Waals surface area contributed by atoms with Crippen LogP contribution in [0.2, 0.25) is 0 Å². The molecular formula is C13H19NO4S. The largest absolute Gasteiger partial charge is 0.392 e. The zero-order valence-electron chi connectivity index (χ0n) is 10.9. The van der Waals surface area contributed by atoms with Gasteiger partial charge in [0.2, 0.25) is 10.0 Å². The van der Waals surface area contributed by atoms with Crippen molar-refractivity contribution in [3.63, 3.8) is 0 Å². The average Bonchev–Trinajstić information content (AvgIpc) is 2.74. The molecule has 1 aromatic rings. The zero-order chi connectivity index (χ0) is 13.9. The molecule has 6 heteroatoms. The molecule has 0 radical (unpaired) electrons. The zero-order valence-corrected chi connectivity index (χ0v) is 11.7. The molecule has 2 atom stereocenters. The van der Waals surface area contributed by atoms with Crippen molar-refractivity contribution in [2.45, 2.75) is 37.9 Å². The highest BCUT2D eigenvalue weighted by molar-refractivity contribution is 7.88. The summed E-state index contributed by atoms with van der Waals surface area (Å²) in [5.74, 6) is -0.0793. The summed E-state index contributed by atoms with van der Waals surface area (Å²) in [4.78, 5) is 0. The smallest absolute Gasteiger partial charge is 0.216 e. The van der Waals surface area contributed by atoms with Crippen molar-refractivity contribution in [1.29, 1.82) is 0 Å². The molecule has 0 bridgehead atoms. The minimum Gasteiger partial charge on any atom is -0.392 e. The predicted octanol–water partition coefficient (Wildman–Crippen LogP) is 0.776. The van der Waals surface area contributed by atoms with Gasteiger partial charge >= 0.3 is 0 Å². The molecule has 1 fully saturated rings. The van der Waals surface area contributed by atoms with Crippen molar-refractivity contribution in [3.05, 3.63) is 35.4 Å². The third kappa shape index (κ3) is 4.01. The van der Waals surface area contributed by atoms with Crippen LogP contribution in [0.5, 0.6) is 0 Å². The average molecular weight is 285 g/mol. The van der Waals surface area contributed by atoms with E-state index in [4.69, 9.17) is 9.84 Å². The van der Waals surface area contributed by atoms with E-state index in [1.165, 1.54) is 0 Å². The molecule has 1 saturated heterocycles. The van der Waals surface area contributed by atoms with Crippen molar-refractivity contribution >= 4 is 10.0 Å². The Kier molecular flexibility index (Phi) is 4.57. The van der Waals surface area contributed by atoms with E-state index in [1.54, 1.807) is 24.3 Å². The maximum atomic E-state index is 12.1. The first-order valence-corrected chi connectivity index (χ1v) is 7.96. The summed E-state index contributed by atoms with van der Waals surface area (Å²) in [5, 5.41) is 9.04. The number of ether oxygens (including phenoxy) is 1. The molecule has 0 amide bonds. The van der Waals surface area contributed by atoms with Crippen LogP contribution in [-0.2, 0) is 27.1 Å². The minimum atomic E-state index is -3.39. The van der Waals surface area contributed by atoms with Gasteiger partial charge in [0.25, 0.3) is 0 Å². The lowest BCUT2D eigenvalue weighted by molar-refractivity contribution is 0.117. The molecular weight excluding hydrogens is 266 g/mol. The minimum absolute atomic E-state index is 0.0793. The lowest BCUT2D eigenvalue weighted by atomic mass is 10.1. The number of sulfonamides is 1.